The Balaban J connectivity index is 2.14. The number of carboxylic acid groups (broad SMARTS) is 1. The third kappa shape index (κ3) is 3.34. The van der Waals surface area contributed by atoms with Gasteiger partial charge in [-0.3, -0.25) is 0 Å². The van der Waals surface area contributed by atoms with Gasteiger partial charge >= 0.3 is 5.97 Å². The van der Waals surface area contributed by atoms with E-state index in [9.17, 15) is 13.6 Å². The van der Waals surface area contributed by atoms with Crippen LogP contribution in [0.25, 0.3) is 0 Å². The molecule has 0 fully saturated rings. The Bertz CT molecular complexity index is 628. The molecule has 0 aliphatic carbocycles. The zero-order valence-electron chi connectivity index (χ0n) is 9.32. The number of hydrogen-bond donors (Lipinski definition) is 1. The second kappa shape index (κ2) is 6.02. The van der Waals surface area contributed by atoms with E-state index in [4.69, 9.17) is 5.11 Å². The van der Waals surface area contributed by atoms with Crippen LogP contribution in [0.1, 0.15) is 15.2 Å². The molecule has 0 aliphatic rings. The number of benzene rings is 1. The number of halogens is 3. The number of rotatable bonds is 4. The van der Waals surface area contributed by atoms with Gasteiger partial charge in [0.05, 0.1) is 4.47 Å². The van der Waals surface area contributed by atoms with Gasteiger partial charge in [0, 0.05) is 21.6 Å². The fourth-order valence-corrected chi connectivity index (χ4v) is 3.61. The lowest BCUT2D eigenvalue weighted by Crippen LogP contribution is -1.94. The third-order valence-electron chi connectivity index (χ3n) is 2.31. The van der Waals surface area contributed by atoms with Crippen molar-refractivity contribution in [3.8, 4) is 0 Å². The molecule has 0 saturated carbocycles. The van der Waals surface area contributed by atoms with Crippen molar-refractivity contribution < 1.29 is 18.7 Å². The highest BCUT2D eigenvalue weighted by Gasteiger charge is 2.13. The summed E-state index contributed by atoms with van der Waals surface area (Å²) >= 11 is 5.29. The number of hydrogen-bond acceptors (Lipinski definition) is 3. The molecule has 0 aliphatic heterocycles. The van der Waals surface area contributed by atoms with Crippen molar-refractivity contribution in [2.45, 2.75) is 10.6 Å². The third-order valence-corrected chi connectivity index (χ3v) is 4.99. The topological polar surface area (TPSA) is 37.3 Å². The predicted octanol–water partition coefficient (Wildman–Crippen LogP) is 4.78. The van der Waals surface area contributed by atoms with E-state index in [2.05, 4.69) is 15.9 Å². The fourth-order valence-electron chi connectivity index (χ4n) is 1.36. The monoisotopic (exact) mass is 364 g/mol. The van der Waals surface area contributed by atoms with E-state index in [0.29, 0.717) is 4.90 Å². The van der Waals surface area contributed by atoms with Gasteiger partial charge in [-0.15, -0.1) is 23.1 Å². The first-order valence-electron chi connectivity index (χ1n) is 5.06. The maximum absolute atomic E-state index is 13.7. The van der Waals surface area contributed by atoms with Crippen LogP contribution in [0.3, 0.4) is 0 Å². The molecule has 1 aromatic carbocycles. The average Bonchev–Trinajstić information content (AvgIpc) is 2.83. The number of thioether (sulfide) groups is 1. The van der Waals surface area contributed by atoms with Gasteiger partial charge in [0.15, 0.2) is 0 Å². The van der Waals surface area contributed by atoms with Gasteiger partial charge in [-0.05, 0) is 34.1 Å². The largest absolute Gasteiger partial charge is 0.477 e. The minimum Gasteiger partial charge on any atom is -0.477 e. The van der Waals surface area contributed by atoms with E-state index in [0.717, 1.165) is 11.3 Å². The Morgan fingerprint density at radius 2 is 2.16 bits per heavy atom. The van der Waals surface area contributed by atoms with Crippen molar-refractivity contribution in [2.24, 2.45) is 0 Å². The summed E-state index contributed by atoms with van der Waals surface area (Å²) in [6.07, 6.45) is 0. The van der Waals surface area contributed by atoms with Crippen molar-refractivity contribution in [1.82, 2.24) is 0 Å². The van der Waals surface area contributed by atoms with Gasteiger partial charge in [-0.25, -0.2) is 13.6 Å². The molecule has 0 atom stereocenters. The van der Waals surface area contributed by atoms with Gasteiger partial charge in [0.1, 0.15) is 16.5 Å². The molecule has 0 saturated heterocycles. The molecule has 0 spiro atoms. The van der Waals surface area contributed by atoms with Gasteiger partial charge in [0.2, 0.25) is 0 Å². The first-order chi connectivity index (χ1) is 8.99. The summed E-state index contributed by atoms with van der Waals surface area (Å²) < 4.78 is 27.4. The van der Waals surface area contributed by atoms with Crippen LogP contribution in [0.2, 0.25) is 0 Å². The molecule has 7 heteroatoms. The van der Waals surface area contributed by atoms with Crippen LogP contribution in [0.15, 0.2) is 32.9 Å². The Kier molecular flexibility index (Phi) is 4.59. The highest BCUT2D eigenvalue weighted by atomic mass is 79.9. The first-order valence-corrected chi connectivity index (χ1v) is 7.72. The van der Waals surface area contributed by atoms with E-state index < -0.39 is 17.6 Å². The normalized spacial score (nSPS) is 10.7. The number of aromatic carboxylic acids is 1. The summed E-state index contributed by atoms with van der Waals surface area (Å²) in [5, 5.41) is 10.4. The SMILES string of the molecule is O=C(O)c1cc(SCc2c(F)ccc(Br)c2F)cs1. The Morgan fingerprint density at radius 3 is 2.79 bits per heavy atom. The van der Waals surface area contributed by atoms with Gasteiger partial charge in [-0.2, -0.15) is 0 Å². The smallest absolute Gasteiger partial charge is 0.345 e. The lowest BCUT2D eigenvalue weighted by molar-refractivity contribution is 0.0702. The van der Waals surface area contributed by atoms with Crippen LogP contribution >= 0.6 is 39.0 Å². The Labute approximate surface area is 124 Å². The molecule has 2 nitrogen and oxygen atoms in total. The van der Waals surface area contributed by atoms with E-state index in [1.54, 1.807) is 5.38 Å². The molecule has 19 heavy (non-hydrogen) atoms. The maximum Gasteiger partial charge on any atom is 0.345 e. The molecular formula is C12H7BrF2O2S2. The van der Waals surface area contributed by atoms with E-state index >= 15 is 0 Å². The van der Waals surface area contributed by atoms with E-state index in [1.807, 2.05) is 0 Å². The molecule has 2 aromatic rings. The van der Waals surface area contributed by atoms with E-state index in [1.165, 1.54) is 30.0 Å². The average molecular weight is 365 g/mol. The van der Waals surface area contributed by atoms with Crippen LogP contribution in [0, 0.1) is 11.6 Å². The quantitative estimate of drug-likeness (QED) is 0.626. The molecule has 1 N–H and O–H groups in total. The summed E-state index contributed by atoms with van der Waals surface area (Å²) in [6.45, 7) is 0. The zero-order chi connectivity index (χ0) is 14.0. The summed E-state index contributed by atoms with van der Waals surface area (Å²) in [5.41, 5.74) is -0.0255. The van der Waals surface area contributed by atoms with Crippen molar-refractivity contribution >= 4 is 45.0 Å². The predicted molar refractivity (Wildman–Crippen MR) is 74.9 cm³/mol. The van der Waals surface area contributed by atoms with Crippen LogP contribution in [-0.2, 0) is 5.75 Å². The van der Waals surface area contributed by atoms with Crippen LogP contribution in [0.5, 0.6) is 0 Å². The highest BCUT2D eigenvalue weighted by Crippen LogP contribution is 2.31. The molecule has 0 amide bonds. The van der Waals surface area contributed by atoms with Crippen LogP contribution in [0.4, 0.5) is 8.78 Å². The van der Waals surface area contributed by atoms with Gasteiger partial charge in [0.25, 0.3) is 0 Å². The lowest BCUT2D eigenvalue weighted by atomic mass is 10.2. The first kappa shape index (κ1) is 14.5. The Hall–Kier alpha value is -0.920. The Morgan fingerprint density at radius 1 is 1.42 bits per heavy atom. The van der Waals surface area contributed by atoms with Gasteiger partial charge in [-0.1, -0.05) is 0 Å². The second-order valence-electron chi connectivity index (χ2n) is 3.56. The maximum atomic E-state index is 13.7. The summed E-state index contributed by atoms with van der Waals surface area (Å²) in [6, 6.07) is 4.00. The molecule has 1 aromatic heterocycles. The minimum atomic E-state index is -1.00. The van der Waals surface area contributed by atoms with Crippen molar-refractivity contribution in [3.05, 3.63) is 50.1 Å². The highest BCUT2D eigenvalue weighted by molar-refractivity contribution is 9.10. The summed E-state index contributed by atoms with van der Waals surface area (Å²) in [7, 11) is 0. The molecule has 0 unspecified atom stereocenters. The van der Waals surface area contributed by atoms with Crippen molar-refractivity contribution in [1.29, 1.82) is 0 Å². The standard InChI is InChI=1S/C12H7BrF2O2S2/c13-8-1-2-9(14)7(11(8)15)5-18-6-3-10(12(16)17)19-4-6/h1-4H,5H2,(H,16,17). The van der Waals surface area contributed by atoms with E-state index in [-0.39, 0.29) is 20.7 Å². The van der Waals surface area contributed by atoms with Crippen LogP contribution < -0.4 is 0 Å². The fraction of sp³-hybridized carbons (Fsp3) is 0.0833. The summed E-state index contributed by atoms with van der Waals surface area (Å²) in [5.74, 6) is -2.13. The van der Waals surface area contributed by atoms with Crippen molar-refractivity contribution in [2.75, 3.05) is 0 Å². The van der Waals surface area contributed by atoms with Gasteiger partial charge < -0.3 is 5.11 Å². The summed E-state index contributed by atoms with van der Waals surface area (Å²) in [4.78, 5) is 11.6. The number of thiophene rings is 1. The molecule has 0 radical (unpaired) electrons. The molecule has 0 bridgehead atoms. The lowest BCUT2D eigenvalue weighted by Gasteiger charge is -2.05. The molecule has 2 rings (SSSR count). The minimum absolute atomic E-state index is 0.0255. The second-order valence-corrected chi connectivity index (χ2v) is 6.38. The van der Waals surface area contributed by atoms with Crippen LogP contribution in [-0.4, -0.2) is 11.1 Å². The molecular weight excluding hydrogens is 358 g/mol. The zero-order valence-corrected chi connectivity index (χ0v) is 12.5. The number of carbonyl (C=O) groups is 1. The molecule has 1 heterocycles. The van der Waals surface area contributed by atoms with Crippen molar-refractivity contribution in [3.63, 3.8) is 0 Å². The number of carboxylic acids is 1. The molecule has 100 valence electrons.